The standard InChI is InChI=1S/C25H39N3O3/c1-2-26-25(27-18-21-13-17-30-24(21)20-8-4-3-5-9-20)28-14-11-22(12-15-28)31-19-23-10-6-7-16-29-23/h3-5,8-9,21-24H,2,6-7,10-19H2,1H3,(H,26,27). The van der Waals surface area contributed by atoms with Crippen LogP contribution in [0, 0.1) is 5.92 Å². The van der Waals surface area contributed by atoms with Gasteiger partial charge >= 0.3 is 0 Å². The molecule has 6 nitrogen and oxygen atoms in total. The first kappa shape index (κ1) is 22.6. The van der Waals surface area contributed by atoms with E-state index in [1.165, 1.54) is 18.4 Å². The Bertz CT molecular complexity index is 670. The van der Waals surface area contributed by atoms with Crippen LogP contribution in [0.15, 0.2) is 35.3 Å². The molecule has 0 aliphatic carbocycles. The minimum absolute atomic E-state index is 0.161. The number of nitrogens with one attached hydrogen (secondary N) is 1. The lowest BCUT2D eigenvalue weighted by atomic mass is 9.95. The van der Waals surface area contributed by atoms with Gasteiger partial charge in [-0.05, 0) is 51.0 Å². The molecule has 0 saturated carbocycles. The summed E-state index contributed by atoms with van der Waals surface area (Å²) in [5, 5.41) is 3.50. The molecule has 4 rings (SSSR count). The van der Waals surface area contributed by atoms with Crippen molar-refractivity contribution in [2.45, 2.75) is 63.8 Å². The molecule has 1 N–H and O–H groups in total. The summed E-state index contributed by atoms with van der Waals surface area (Å²) in [5.41, 5.74) is 1.27. The van der Waals surface area contributed by atoms with E-state index in [4.69, 9.17) is 19.2 Å². The average molecular weight is 430 g/mol. The SMILES string of the molecule is CCNC(=NCC1CCOC1c1ccccc1)N1CCC(OCC2CCCCO2)CC1. The minimum atomic E-state index is 0.161. The quantitative estimate of drug-likeness (QED) is 0.528. The molecule has 3 saturated heterocycles. The van der Waals surface area contributed by atoms with Gasteiger partial charge in [-0.3, -0.25) is 4.99 Å². The van der Waals surface area contributed by atoms with Gasteiger partial charge in [0.1, 0.15) is 0 Å². The smallest absolute Gasteiger partial charge is 0.193 e. The first-order valence-corrected chi connectivity index (χ1v) is 12.3. The summed E-state index contributed by atoms with van der Waals surface area (Å²) in [7, 11) is 0. The molecule has 3 heterocycles. The van der Waals surface area contributed by atoms with Crippen LogP contribution in [0.1, 0.15) is 57.1 Å². The Morgan fingerprint density at radius 2 is 1.90 bits per heavy atom. The number of rotatable bonds is 7. The van der Waals surface area contributed by atoms with Crippen LogP contribution in [0.5, 0.6) is 0 Å². The Morgan fingerprint density at radius 1 is 1.06 bits per heavy atom. The van der Waals surface area contributed by atoms with Gasteiger partial charge in [-0.15, -0.1) is 0 Å². The lowest BCUT2D eigenvalue weighted by molar-refractivity contribution is -0.0721. The second-order valence-corrected chi connectivity index (χ2v) is 8.95. The van der Waals surface area contributed by atoms with Crippen LogP contribution < -0.4 is 5.32 Å². The van der Waals surface area contributed by atoms with Gasteiger partial charge in [0.15, 0.2) is 5.96 Å². The zero-order valence-corrected chi connectivity index (χ0v) is 19.0. The maximum atomic E-state index is 6.19. The van der Waals surface area contributed by atoms with Crippen molar-refractivity contribution in [2.24, 2.45) is 10.9 Å². The van der Waals surface area contributed by atoms with Crippen molar-refractivity contribution in [3.05, 3.63) is 35.9 Å². The van der Waals surface area contributed by atoms with Crippen molar-refractivity contribution in [1.29, 1.82) is 0 Å². The Morgan fingerprint density at radius 3 is 2.65 bits per heavy atom. The lowest BCUT2D eigenvalue weighted by Gasteiger charge is -2.35. The highest BCUT2D eigenvalue weighted by Gasteiger charge is 2.30. The number of aliphatic imine (C=N–C) groups is 1. The summed E-state index contributed by atoms with van der Waals surface area (Å²) in [6.45, 7) is 8.28. The molecule has 3 unspecified atom stereocenters. The fraction of sp³-hybridized carbons (Fsp3) is 0.720. The second-order valence-electron chi connectivity index (χ2n) is 8.95. The summed E-state index contributed by atoms with van der Waals surface area (Å²) in [6.07, 6.45) is 7.59. The molecule has 1 aromatic carbocycles. The fourth-order valence-corrected chi connectivity index (χ4v) is 4.88. The number of nitrogens with zero attached hydrogens (tertiary/aromatic N) is 2. The van der Waals surface area contributed by atoms with Gasteiger partial charge in [-0.2, -0.15) is 0 Å². The van der Waals surface area contributed by atoms with Crippen LogP contribution in [0.4, 0.5) is 0 Å². The van der Waals surface area contributed by atoms with E-state index in [1.807, 2.05) is 0 Å². The first-order valence-electron chi connectivity index (χ1n) is 12.3. The number of hydrogen-bond acceptors (Lipinski definition) is 4. The normalized spacial score (nSPS) is 28.1. The number of ether oxygens (including phenoxy) is 3. The maximum absolute atomic E-state index is 6.19. The van der Waals surface area contributed by atoms with Crippen molar-refractivity contribution in [3.63, 3.8) is 0 Å². The molecule has 172 valence electrons. The van der Waals surface area contributed by atoms with Crippen LogP contribution in [0.3, 0.4) is 0 Å². The van der Waals surface area contributed by atoms with Crippen LogP contribution in [0.25, 0.3) is 0 Å². The van der Waals surface area contributed by atoms with E-state index in [-0.39, 0.29) is 6.10 Å². The molecule has 0 bridgehead atoms. The molecule has 6 heteroatoms. The van der Waals surface area contributed by atoms with Crippen LogP contribution >= 0.6 is 0 Å². The number of piperidine rings is 1. The molecule has 3 atom stereocenters. The summed E-state index contributed by atoms with van der Waals surface area (Å²) < 4.78 is 18.0. The summed E-state index contributed by atoms with van der Waals surface area (Å²) in [4.78, 5) is 7.43. The van der Waals surface area contributed by atoms with E-state index in [2.05, 4.69) is 47.5 Å². The summed E-state index contributed by atoms with van der Waals surface area (Å²) in [6, 6.07) is 10.6. The number of benzene rings is 1. The Kier molecular flexibility index (Phi) is 8.62. The summed E-state index contributed by atoms with van der Waals surface area (Å²) >= 11 is 0. The minimum Gasteiger partial charge on any atom is -0.376 e. The predicted octanol–water partition coefficient (Wildman–Crippen LogP) is 3.78. The third kappa shape index (κ3) is 6.43. The van der Waals surface area contributed by atoms with Gasteiger partial charge in [0.2, 0.25) is 0 Å². The highest BCUT2D eigenvalue weighted by Crippen LogP contribution is 2.34. The van der Waals surface area contributed by atoms with E-state index in [0.29, 0.717) is 18.1 Å². The maximum Gasteiger partial charge on any atom is 0.193 e. The molecule has 31 heavy (non-hydrogen) atoms. The number of guanidine groups is 1. The van der Waals surface area contributed by atoms with Crippen molar-refractivity contribution in [3.8, 4) is 0 Å². The largest absolute Gasteiger partial charge is 0.376 e. The molecule has 0 amide bonds. The highest BCUT2D eigenvalue weighted by atomic mass is 16.5. The van der Waals surface area contributed by atoms with Crippen molar-refractivity contribution < 1.29 is 14.2 Å². The number of likely N-dealkylation sites (tertiary alicyclic amines) is 1. The molecular formula is C25H39N3O3. The Balaban J connectivity index is 1.27. The van der Waals surface area contributed by atoms with E-state index in [0.717, 1.165) is 77.6 Å². The molecule has 0 spiro atoms. The fourth-order valence-electron chi connectivity index (χ4n) is 4.88. The Hall–Kier alpha value is -1.63. The van der Waals surface area contributed by atoms with Crippen molar-refractivity contribution in [1.82, 2.24) is 10.2 Å². The topological polar surface area (TPSA) is 55.3 Å². The van der Waals surface area contributed by atoms with E-state index < -0.39 is 0 Å². The van der Waals surface area contributed by atoms with E-state index in [1.54, 1.807) is 0 Å². The molecule has 0 aromatic heterocycles. The zero-order chi connectivity index (χ0) is 21.3. The molecule has 1 aromatic rings. The van der Waals surface area contributed by atoms with E-state index in [9.17, 15) is 0 Å². The van der Waals surface area contributed by atoms with Gasteiger partial charge < -0.3 is 24.4 Å². The molecule has 3 aliphatic heterocycles. The predicted molar refractivity (Wildman–Crippen MR) is 123 cm³/mol. The molecule has 0 radical (unpaired) electrons. The van der Waals surface area contributed by atoms with Crippen LogP contribution in [0.2, 0.25) is 0 Å². The first-order chi connectivity index (χ1) is 15.3. The Labute approximate surface area is 187 Å². The van der Waals surface area contributed by atoms with Crippen LogP contribution in [-0.2, 0) is 14.2 Å². The number of hydrogen-bond donors (Lipinski definition) is 1. The highest BCUT2D eigenvalue weighted by molar-refractivity contribution is 5.80. The van der Waals surface area contributed by atoms with E-state index >= 15 is 0 Å². The third-order valence-corrected chi connectivity index (χ3v) is 6.69. The summed E-state index contributed by atoms with van der Waals surface area (Å²) in [5.74, 6) is 1.47. The molecular weight excluding hydrogens is 390 g/mol. The van der Waals surface area contributed by atoms with Gasteiger partial charge in [-0.1, -0.05) is 30.3 Å². The van der Waals surface area contributed by atoms with Gasteiger partial charge in [-0.25, -0.2) is 0 Å². The van der Waals surface area contributed by atoms with Crippen molar-refractivity contribution in [2.75, 3.05) is 46.0 Å². The van der Waals surface area contributed by atoms with Gasteiger partial charge in [0, 0.05) is 45.3 Å². The molecule has 3 aliphatic rings. The average Bonchev–Trinajstić information content (AvgIpc) is 3.31. The van der Waals surface area contributed by atoms with Gasteiger partial charge in [0.05, 0.1) is 24.9 Å². The molecule has 3 fully saturated rings. The second kappa shape index (κ2) is 11.8. The van der Waals surface area contributed by atoms with Crippen LogP contribution in [-0.4, -0.2) is 69.1 Å². The van der Waals surface area contributed by atoms with Gasteiger partial charge in [0.25, 0.3) is 0 Å². The monoisotopic (exact) mass is 429 g/mol. The zero-order valence-electron chi connectivity index (χ0n) is 19.0. The lowest BCUT2D eigenvalue weighted by Crippen LogP contribution is -2.47. The third-order valence-electron chi connectivity index (χ3n) is 6.69. The van der Waals surface area contributed by atoms with Crippen molar-refractivity contribution >= 4 is 5.96 Å².